The highest BCUT2D eigenvalue weighted by molar-refractivity contribution is 5.94. The summed E-state index contributed by atoms with van der Waals surface area (Å²) in [5, 5.41) is 15.7. The van der Waals surface area contributed by atoms with Crippen molar-refractivity contribution < 1.29 is 9.18 Å². The molecule has 0 bridgehead atoms. The molecular weight excluding hydrogens is 531 g/mol. The first kappa shape index (κ1) is 28.8. The van der Waals surface area contributed by atoms with Crippen LogP contribution in [0, 0.1) is 31.0 Å². The van der Waals surface area contributed by atoms with Gasteiger partial charge in [0.25, 0.3) is 5.91 Å². The summed E-state index contributed by atoms with van der Waals surface area (Å²) in [7, 11) is 4.04. The minimum Gasteiger partial charge on any atom is -0.340 e. The van der Waals surface area contributed by atoms with E-state index in [-0.39, 0.29) is 11.7 Å². The van der Waals surface area contributed by atoms with Crippen molar-refractivity contribution in [1.29, 1.82) is 5.26 Å². The van der Waals surface area contributed by atoms with Gasteiger partial charge in [0, 0.05) is 61.6 Å². The van der Waals surface area contributed by atoms with Crippen molar-refractivity contribution >= 4 is 29.0 Å². The largest absolute Gasteiger partial charge is 0.340 e. The van der Waals surface area contributed by atoms with Gasteiger partial charge in [-0.25, -0.2) is 9.37 Å². The molecule has 1 fully saturated rings. The Balaban J connectivity index is 1.14. The summed E-state index contributed by atoms with van der Waals surface area (Å²) in [6.45, 7) is 5.94. The Morgan fingerprint density at radius 1 is 1.07 bits per heavy atom. The number of nitrogens with zero attached hydrogens (tertiary/aromatic N) is 6. The van der Waals surface area contributed by atoms with Gasteiger partial charge in [0.05, 0.1) is 0 Å². The average Bonchev–Trinajstić information content (AvgIpc) is 3.27. The van der Waals surface area contributed by atoms with Crippen LogP contribution < -0.4 is 10.6 Å². The van der Waals surface area contributed by atoms with E-state index in [4.69, 9.17) is 0 Å². The second-order valence-corrected chi connectivity index (χ2v) is 10.8. The first-order valence-corrected chi connectivity index (χ1v) is 14.0. The van der Waals surface area contributed by atoms with E-state index >= 15 is 0 Å². The number of amides is 1. The van der Waals surface area contributed by atoms with Gasteiger partial charge in [-0.2, -0.15) is 10.2 Å². The molecule has 10 heteroatoms. The Bertz CT molecular complexity index is 1620. The zero-order valence-electron chi connectivity index (χ0n) is 24.4. The first-order chi connectivity index (χ1) is 20.2. The lowest BCUT2D eigenvalue weighted by Gasteiger charge is -2.37. The van der Waals surface area contributed by atoms with Crippen molar-refractivity contribution in [2.24, 2.45) is 7.05 Å². The van der Waals surface area contributed by atoms with Gasteiger partial charge < -0.3 is 20.1 Å². The molecule has 0 aliphatic carbocycles. The Morgan fingerprint density at radius 2 is 1.79 bits per heavy atom. The van der Waals surface area contributed by atoms with Crippen LogP contribution in [-0.2, 0) is 13.6 Å². The number of anilines is 4. The van der Waals surface area contributed by atoms with Gasteiger partial charge in [0.2, 0.25) is 5.95 Å². The van der Waals surface area contributed by atoms with Gasteiger partial charge in [-0.1, -0.05) is 0 Å². The highest BCUT2D eigenvalue weighted by atomic mass is 19.1. The van der Waals surface area contributed by atoms with Crippen LogP contribution in [0.3, 0.4) is 0 Å². The number of carbonyl (C=O) groups is 1. The summed E-state index contributed by atoms with van der Waals surface area (Å²) in [6, 6.07) is 18.5. The lowest BCUT2D eigenvalue weighted by Crippen LogP contribution is -2.45. The fraction of sp³-hybridized carbons (Fsp3) is 0.312. The Morgan fingerprint density at radius 3 is 2.45 bits per heavy atom. The number of likely N-dealkylation sites (tertiary alicyclic amines) is 1. The summed E-state index contributed by atoms with van der Waals surface area (Å²) in [4.78, 5) is 26.2. The van der Waals surface area contributed by atoms with E-state index in [1.165, 1.54) is 11.6 Å². The third-order valence-electron chi connectivity index (χ3n) is 8.02. The fourth-order valence-corrected chi connectivity index (χ4v) is 5.30. The Labute approximate surface area is 245 Å². The predicted octanol–water partition coefficient (Wildman–Crippen LogP) is 5.67. The highest BCUT2D eigenvalue weighted by Crippen LogP contribution is 2.23. The van der Waals surface area contributed by atoms with Crippen LogP contribution in [0.5, 0.6) is 0 Å². The molecule has 3 heterocycles. The Hall–Kier alpha value is -4.75. The number of hydrogen-bond donors (Lipinski definition) is 2. The molecule has 0 unspecified atom stereocenters. The van der Waals surface area contributed by atoms with Gasteiger partial charge >= 0.3 is 0 Å². The van der Waals surface area contributed by atoms with Crippen molar-refractivity contribution in [2.75, 3.05) is 30.8 Å². The zero-order chi connectivity index (χ0) is 29.8. The molecule has 1 aliphatic rings. The molecule has 1 saturated heterocycles. The first-order valence-electron chi connectivity index (χ1n) is 14.0. The quantitative estimate of drug-likeness (QED) is 0.284. The van der Waals surface area contributed by atoms with E-state index in [1.54, 1.807) is 31.3 Å². The molecular formula is C32H35FN8O. The van der Waals surface area contributed by atoms with Gasteiger partial charge in [-0.3, -0.25) is 9.69 Å². The molecule has 1 amide bonds. The normalized spacial score (nSPS) is 13.7. The summed E-state index contributed by atoms with van der Waals surface area (Å²) in [5.74, 6) is 0.746. The van der Waals surface area contributed by atoms with E-state index in [2.05, 4.69) is 38.6 Å². The molecule has 0 spiro atoms. The molecule has 2 aromatic carbocycles. The number of nitrogens with one attached hydrogen (secondary N) is 2. The van der Waals surface area contributed by atoms with Crippen LogP contribution in [0.15, 0.2) is 60.8 Å². The summed E-state index contributed by atoms with van der Waals surface area (Å²) < 4.78 is 15.5. The van der Waals surface area contributed by atoms with Crippen LogP contribution in [-0.4, -0.2) is 56.4 Å². The standard InChI is InChI=1S/C32H35FN8O/c1-21-17-26(9-10-29(21)33)36-30-11-14-35-32(38-30)37-25-7-5-23(6-8-25)31(42)41-15-12-27(13-16-41)39(3)20-24-18-28(19-34)40(4)22(24)2/h5-11,14,17-18,27H,12-13,15-16,20H2,1-4H3,(H2,35,36,37,38). The lowest BCUT2D eigenvalue weighted by atomic mass is 10.0. The van der Waals surface area contributed by atoms with Crippen molar-refractivity contribution in [1.82, 2.24) is 24.3 Å². The number of hydrogen-bond acceptors (Lipinski definition) is 7. The van der Waals surface area contributed by atoms with Gasteiger partial charge in [-0.05, 0) is 99.5 Å². The maximum atomic E-state index is 13.6. The molecule has 4 aromatic rings. The number of halogens is 1. The van der Waals surface area contributed by atoms with Crippen molar-refractivity contribution in [3.8, 4) is 6.07 Å². The third kappa shape index (κ3) is 6.42. The van der Waals surface area contributed by atoms with Crippen LogP contribution in [0.4, 0.5) is 27.5 Å². The zero-order valence-corrected chi connectivity index (χ0v) is 24.4. The smallest absolute Gasteiger partial charge is 0.253 e. The molecule has 42 heavy (non-hydrogen) atoms. The summed E-state index contributed by atoms with van der Waals surface area (Å²) in [6.07, 6.45) is 3.44. The molecule has 2 aromatic heterocycles. The molecule has 0 atom stereocenters. The van der Waals surface area contributed by atoms with E-state index in [1.807, 2.05) is 53.8 Å². The number of aromatic nitrogens is 3. The number of carbonyl (C=O) groups excluding carboxylic acids is 1. The van der Waals surface area contributed by atoms with E-state index in [0.717, 1.165) is 36.5 Å². The topological polar surface area (TPSA) is 102 Å². The van der Waals surface area contributed by atoms with Crippen molar-refractivity contribution in [3.63, 3.8) is 0 Å². The number of nitriles is 1. The fourth-order valence-electron chi connectivity index (χ4n) is 5.30. The number of benzene rings is 2. The van der Waals surface area contributed by atoms with Gasteiger partial charge in [0.15, 0.2) is 0 Å². The minimum absolute atomic E-state index is 0.0252. The molecule has 216 valence electrons. The minimum atomic E-state index is -0.255. The van der Waals surface area contributed by atoms with E-state index in [0.29, 0.717) is 47.7 Å². The highest BCUT2D eigenvalue weighted by Gasteiger charge is 2.26. The van der Waals surface area contributed by atoms with Gasteiger partial charge in [-0.15, -0.1) is 0 Å². The van der Waals surface area contributed by atoms with Crippen LogP contribution in [0.25, 0.3) is 0 Å². The van der Waals surface area contributed by atoms with Crippen LogP contribution in [0.2, 0.25) is 0 Å². The Kier molecular flexibility index (Phi) is 8.50. The van der Waals surface area contributed by atoms with Gasteiger partial charge in [0.1, 0.15) is 23.4 Å². The van der Waals surface area contributed by atoms with E-state index in [9.17, 15) is 14.4 Å². The molecule has 2 N–H and O–H groups in total. The molecule has 1 aliphatic heterocycles. The second kappa shape index (κ2) is 12.4. The van der Waals surface area contributed by atoms with Crippen molar-refractivity contribution in [3.05, 3.63) is 94.7 Å². The van der Waals surface area contributed by atoms with Crippen LogP contribution in [0.1, 0.15) is 45.7 Å². The predicted molar refractivity (Wildman–Crippen MR) is 161 cm³/mol. The maximum Gasteiger partial charge on any atom is 0.253 e. The second-order valence-electron chi connectivity index (χ2n) is 10.8. The van der Waals surface area contributed by atoms with Crippen molar-refractivity contribution in [2.45, 2.75) is 39.3 Å². The number of aryl methyl sites for hydroxylation is 1. The summed E-state index contributed by atoms with van der Waals surface area (Å²) in [5.41, 5.74) is 5.63. The molecule has 0 saturated carbocycles. The average molecular weight is 567 g/mol. The van der Waals surface area contributed by atoms with E-state index < -0.39 is 0 Å². The maximum absolute atomic E-state index is 13.6. The molecule has 5 rings (SSSR count). The summed E-state index contributed by atoms with van der Waals surface area (Å²) >= 11 is 0. The lowest BCUT2D eigenvalue weighted by molar-refractivity contribution is 0.0639. The number of piperidine rings is 1. The third-order valence-corrected chi connectivity index (χ3v) is 8.02. The molecule has 0 radical (unpaired) electrons. The molecule has 9 nitrogen and oxygen atoms in total. The SMILES string of the molecule is Cc1cc(Nc2ccnc(Nc3ccc(C(=O)N4CCC(N(C)Cc5cc(C#N)n(C)c5C)CC4)cc3)n2)ccc1F. The van der Waals surface area contributed by atoms with Crippen LogP contribution >= 0.6 is 0 Å². The monoisotopic (exact) mass is 566 g/mol. The number of rotatable bonds is 8.